The summed E-state index contributed by atoms with van der Waals surface area (Å²) in [6, 6.07) is 11.0. The third kappa shape index (κ3) is 1.12. The fourth-order valence-electron chi connectivity index (χ4n) is 1.78. The number of aromatic nitrogens is 1. The maximum absolute atomic E-state index is 4.46. The Morgan fingerprint density at radius 2 is 2.07 bits per heavy atom. The van der Waals surface area contributed by atoms with Crippen LogP contribution in [0.4, 0.5) is 0 Å². The summed E-state index contributed by atoms with van der Waals surface area (Å²) < 4.78 is 1.41. The van der Waals surface area contributed by atoms with Gasteiger partial charge in [0.25, 0.3) is 0 Å². The van der Waals surface area contributed by atoms with Crippen molar-refractivity contribution in [1.82, 2.24) is 4.98 Å². The van der Waals surface area contributed by atoms with Crippen LogP contribution in [0.15, 0.2) is 35.4 Å². The van der Waals surface area contributed by atoms with Crippen LogP contribution in [-0.4, -0.2) is 19.5 Å². The van der Waals surface area contributed by atoms with Crippen LogP contribution in [0.25, 0.3) is 20.5 Å². The molecular weight excluding hydrogens is 237 g/mol. The molecular formula is C12H9NSe. The average molecular weight is 246 g/mol. The second kappa shape index (κ2) is 2.94. The average Bonchev–Trinajstić information content (AvgIpc) is 2.65. The molecule has 0 radical (unpaired) electrons. The first-order chi connectivity index (χ1) is 6.84. The van der Waals surface area contributed by atoms with E-state index >= 15 is 0 Å². The number of hydrogen-bond donors (Lipinski definition) is 0. The number of nitrogens with zero attached hydrogens (tertiary/aromatic N) is 1. The first-order valence-electron chi connectivity index (χ1n) is 4.57. The van der Waals surface area contributed by atoms with Crippen molar-refractivity contribution >= 4 is 35.1 Å². The quantitative estimate of drug-likeness (QED) is 0.556. The Morgan fingerprint density at radius 3 is 3.00 bits per heavy atom. The molecule has 68 valence electrons. The summed E-state index contributed by atoms with van der Waals surface area (Å²) >= 11 is 0.453. The van der Waals surface area contributed by atoms with Gasteiger partial charge in [0.05, 0.1) is 0 Å². The van der Waals surface area contributed by atoms with Gasteiger partial charge in [0, 0.05) is 0 Å². The zero-order valence-corrected chi connectivity index (χ0v) is 9.53. The summed E-state index contributed by atoms with van der Waals surface area (Å²) in [5, 5.41) is 4.65. The molecule has 0 aliphatic carbocycles. The fourth-order valence-corrected chi connectivity index (χ4v) is 3.23. The van der Waals surface area contributed by atoms with E-state index in [1.165, 1.54) is 26.1 Å². The van der Waals surface area contributed by atoms with Crippen molar-refractivity contribution in [3.05, 3.63) is 41.0 Å². The second-order valence-corrected chi connectivity index (χ2v) is 5.35. The summed E-state index contributed by atoms with van der Waals surface area (Å²) in [5.41, 5.74) is 2.51. The first-order valence-corrected chi connectivity index (χ1v) is 6.42. The molecule has 0 unspecified atom stereocenters. The van der Waals surface area contributed by atoms with Crippen molar-refractivity contribution < 1.29 is 0 Å². The standard InChI is InChI=1S/C12H9NSe/c1-8-2-4-10-9(6-8)3-5-11-12(10)13-7-14-11/h2-7H,1H3. The van der Waals surface area contributed by atoms with Gasteiger partial charge in [-0.3, -0.25) is 0 Å². The van der Waals surface area contributed by atoms with Crippen molar-refractivity contribution in [3.8, 4) is 0 Å². The van der Waals surface area contributed by atoms with Crippen LogP contribution in [0.2, 0.25) is 0 Å². The molecule has 1 nitrogen and oxygen atoms in total. The van der Waals surface area contributed by atoms with Gasteiger partial charge in [-0.05, 0) is 0 Å². The van der Waals surface area contributed by atoms with Crippen molar-refractivity contribution in [1.29, 1.82) is 0 Å². The van der Waals surface area contributed by atoms with Crippen LogP contribution >= 0.6 is 0 Å². The summed E-state index contributed by atoms with van der Waals surface area (Å²) in [7, 11) is 0. The van der Waals surface area contributed by atoms with Crippen LogP contribution in [0, 0.1) is 6.92 Å². The minimum atomic E-state index is 0.453. The molecule has 0 atom stereocenters. The zero-order chi connectivity index (χ0) is 9.54. The van der Waals surface area contributed by atoms with E-state index in [-0.39, 0.29) is 0 Å². The molecule has 0 fully saturated rings. The van der Waals surface area contributed by atoms with E-state index in [1.807, 2.05) is 0 Å². The number of fused-ring (bicyclic) bond motifs is 3. The molecule has 0 aliphatic heterocycles. The third-order valence-electron chi connectivity index (χ3n) is 2.47. The molecule has 0 saturated carbocycles. The molecule has 14 heavy (non-hydrogen) atoms. The number of benzene rings is 2. The van der Waals surface area contributed by atoms with E-state index < -0.39 is 0 Å². The Labute approximate surface area is 88.1 Å². The van der Waals surface area contributed by atoms with Gasteiger partial charge in [-0.15, -0.1) is 0 Å². The predicted octanol–water partition coefficient (Wildman–Crippen LogP) is 2.75. The molecule has 3 aromatic rings. The topological polar surface area (TPSA) is 12.9 Å². The second-order valence-electron chi connectivity index (χ2n) is 3.49. The van der Waals surface area contributed by atoms with Gasteiger partial charge in [-0.1, -0.05) is 0 Å². The van der Waals surface area contributed by atoms with E-state index in [2.05, 4.69) is 47.3 Å². The Kier molecular flexibility index (Phi) is 1.73. The van der Waals surface area contributed by atoms with Crippen LogP contribution in [0.1, 0.15) is 5.56 Å². The van der Waals surface area contributed by atoms with Gasteiger partial charge < -0.3 is 0 Å². The molecule has 1 heterocycles. The molecule has 2 heteroatoms. The van der Waals surface area contributed by atoms with Gasteiger partial charge in [0.15, 0.2) is 0 Å². The Hall–Kier alpha value is -1.11. The normalized spacial score (nSPS) is 11.2. The molecule has 0 bridgehead atoms. The summed E-state index contributed by atoms with van der Waals surface area (Å²) in [4.78, 5) is 4.46. The summed E-state index contributed by atoms with van der Waals surface area (Å²) in [6.45, 7) is 2.12. The number of rotatable bonds is 0. The molecule has 3 rings (SSSR count). The maximum atomic E-state index is 4.46. The van der Waals surface area contributed by atoms with Gasteiger partial charge >= 0.3 is 87.9 Å². The van der Waals surface area contributed by atoms with E-state index in [4.69, 9.17) is 0 Å². The molecule has 0 spiro atoms. The minimum absolute atomic E-state index is 0.453. The zero-order valence-electron chi connectivity index (χ0n) is 7.82. The van der Waals surface area contributed by atoms with Gasteiger partial charge in [0.2, 0.25) is 0 Å². The van der Waals surface area contributed by atoms with Crippen molar-refractivity contribution in [2.75, 3.05) is 0 Å². The molecule has 2 aromatic carbocycles. The molecule has 0 saturated heterocycles. The Balaban J connectivity index is 2.57. The van der Waals surface area contributed by atoms with Crippen molar-refractivity contribution in [2.24, 2.45) is 0 Å². The Morgan fingerprint density at radius 1 is 1.14 bits per heavy atom. The van der Waals surface area contributed by atoms with Crippen molar-refractivity contribution in [2.45, 2.75) is 6.92 Å². The number of hydrogen-bond acceptors (Lipinski definition) is 1. The van der Waals surface area contributed by atoms with E-state index in [9.17, 15) is 0 Å². The molecule has 0 amide bonds. The van der Waals surface area contributed by atoms with Crippen LogP contribution in [0.5, 0.6) is 0 Å². The van der Waals surface area contributed by atoms with Gasteiger partial charge in [0.1, 0.15) is 0 Å². The Bertz CT molecular complexity index is 610. The summed E-state index contributed by atoms with van der Waals surface area (Å²) in [6.07, 6.45) is 0. The van der Waals surface area contributed by atoms with E-state index in [1.54, 1.807) is 0 Å². The van der Waals surface area contributed by atoms with E-state index in [0.29, 0.717) is 14.5 Å². The molecule has 0 N–H and O–H groups in total. The molecule has 1 aromatic heterocycles. The third-order valence-corrected chi connectivity index (χ3v) is 4.14. The van der Waals surface area contributed by atoms with Crippen LogP contribution in [0.3, 0.4) is 0 Å². The van der Waals surface area contributed by atoms with Gasteiger partial charge in [-0.2, -0.15) is 0 Å². The van der Waals surface area contributed by atoms with Crippen molar-refractivity contribution in [3.63, 3.8) is 0 Å². The van der Waals surface area contributed by atoms with E-state index in [0.717, 1.165) is 0 Å². The molecule has 0 aliphatic rings. The number of aryl methyl sites for hydroxylation is 1. The fraction of sp³-hybridized carbons (Fsp3) is 0.0833. The SMILES string of the molecule is Cc1ccc2c(ccc3[se]cnc32)c1. The van der Waals surface area contributed by atoms with Crippen LogP contribution in [-0.2, 0) is 0 Å². The predicted molar refractivity (Wildman–Crippen MR) is 60.9 cm³/mol. The van der Waals surface area contributed by atoms with Gasteiger partial charge in [-0.25, -0.2) is 0 Å². The van der Waals surface area contributed by atoms with Crippen LogP contribution < -0.4 is 0 Å². The first kappa shape index (κ1) is 8.22. The summed E-state index contributed by atoms with van der Waals surface area (Å²) in [5.74, 6) is 0. The monoisotopic (exact) mass is 247 g/mol.